The van der Waals surface area contributed by atoms with Gasteiger partial charge in [-0.3, -0.25) is 4.79 Å². The molecule has 1 saturated heterocycles. The monoisotopic (exact) mass is 292 g/mol. The van der Waals surface area contributed by atoms with Crippen molar-refractivity contribution >= 4 is 17.7 Å². The zero-order chi connectivity index (χ0) is 14.2. The molecule has 1 unspecified atom stereocenters. The predicted molar refractivity (Wildman–Crippen MR) is 85.8 cm³/mol. The van der Waals surface area contributed by atoms with Crippen molar-refractivity contribution in [1.82, 2.24) is 5.32 Å². The molecule has 0 spiro atoms. The van der Waals surface area contributed by atoms with E-state index in [1.54, 1.807) is 0 Å². The number of hydrogen-bond acceptors (Lipinski definition) is 3. The third-order valence-corrected chi connectivity index (χ3v) is 4.88. The molecule has 3 nitrogen and oxygen atoms in total. The minimum Gasteiger partial charge on any atom is -0.354 e. The normalized spacial score (nSPS) is 17.6. The van der Waals surface area contributed by atoms with Gasteiger partial charge >= 0.3 is 0 Å². The van der Waals surface area contributed by atoms with Crippen molar-refractivity contribution in [1.29, 1.82) is 0 Å². The molecule has 1 aromatic rings. The van der Waals surface area contributed by atoms with E-state index in [2.05, 4.69) is 17.4 Å². The molecule has 0 aliphatic carbocycles. The lowest BCUT2D eigenvalue weighted by atomic mass is 10.0. The van der Waals surface area contributed by atoms with Crippen LogP contribution in [0.2, 0.25) is 0 Å². The highest BCUT2D eigenvalue weighted by molar-refractivity contribution is 7.99. The van der Waals surface area contributed by atoms with Gasteiger partial charge in [0.15, 0.2) is 0 Å². The summed E-state index contributed by atoms with van der Waals surface area (Å²) in [5.41, 5.74) is 7.20. The fraction of sp³-hybridized carbons (Fsp3) is 0.562. The van der Waals surface area contributed by atoms with E-state index >= 15 is 0 Å². The summed E-state index contributed by atoms with van der Waals surface area (Å²) in [6.07, 6.45) is 3.99. The molecule has 1 atom stereocenters. The predicted octanol–water partition coefficient (Wildman–Crippen LogP) is 2.21. The third kappa shape index (κ3) is 5.17. The molecule has 4 heteroatoms. The first kappa shape index (κ1) is 15.4. The number of nitrogens with two attached hydrogens (primary N) is 1. The second-order valence-electron chi connectivity index (χ2n) is 5.43. The van der Waals surface area contributed by atoms with Crippen LogP contribution in [0.15, 0.2) is 30.3 Å². The van der Waals surface area contributed by atoms with Crippen LogP contribution in [0.5, 0.6) is 0 Å². The van der Waals surface area contributed by atoms with Crippen molar-refractivity contribution in [2.75, 3.05) is 18.1 Å². The van der Waals surface area contributed by atoms with Gasteiger partial charge in [-0.1, -0.05) is 30.3 Å². The Morgan fingerprint density at radius 1 is 1.30 bits per heavy atom. The lowest BCUT2D eigenvalue weighted by molar-refractivity contribution is -0.122. The second kappa shape index (κ2) is 8.32. The number of thioether (sulfide) groups is 1. The largest absolute Gasteiger partial charge is 0.354 e. The Hall–Kier alpha value is -1.00. The minimum atomic E-state index is -0.395. The van der Waals surface area contributed by atoms with E-state index in [-0.39, 0.29) is 5.91 Å². The number of amides is 1. The smallest absolute Gasteiger partial charge is 0.236 e. The van der Waals surface area contributed by atoms with E-state index in [0.29, 0.717) is 12.3 Å². The minimum absolute atomic E-state index is 0.000780. The fourth-order valence-electron chi connectivity index (χ4n) is 2.42. The van der Waals surface area contributed by atoms with Gasteiger partial charge in [-0.05, 0) is 48.7 Å². The number of nitrogens with one attached hydrogen (secondary N) is 1. The molecular formula is C16H24N2OS. The highest BCUT2D eigenvalue weighted by Crippen LogP contribution is 2.21. The molecule has 0 aromatic heterocycles. The topological polar surface area (TPSA) is 55.1 Å². The Kier molecular flexibility index (Phi) is 6.40. The summed E-state index contributed by atoms with van der Waals surface area (Å²) in [4.78, 5) is 12.0. The zero-order valence-electron chi connectivity index (χ0n) is 11.9. The van der Waals surface area contributed by atoms with Gasteiger partial charge in [-0.2, -0.15) is 11.8 Å². The maximum absolute atomic E-state index is 12.0. The number of hydrogen-bond donors (Lipinski definition) is 2. The molecule has 0 bridgehead atoms. The number of carbonyl (C=O) groups excluding carboxylic acids is 1. The first-order chi connectivity index (χ1) is 9.75. The van der Waals surface area contributed by atoms with Crippen LogP contribution in [0, 0.1) is 5.92 Å². The summed E-state index contributed by atoms with van der Waals surface area (Å²) in [5.74, 6) is 3.09. The summed E-state index contributed by atoms with van der Waals surface area (Å²) < 4.78 is 0. The highest BCUT2D eigenvalue weighted by atomic mass is 32.2. The third-order valence-electron chi connectivity index (χ3n) is 3.83. The maximum Gasteiger partial charge on any atom is 0.236 e. The molecule has 1 heterocycles. The van der Waals surface area contributed by atoms with E-state index in [1.807, 2.05) is 30.0 Å². The second-order valence-corrected chi connectivity index (χ2v) is 6.66. The van der Waals surface area contributed by atoms with Crippen molar-refractivity contribution in [3.8, 4) is 0 Å². The van der Waals surface area contributed by atoms with Crippen molar-refractivity contribution in [3.05, 3.63) is 35.9 Å². The Morgan fingerprint density at radius 3 is 2.70 bits per heavy atom. The molecule has 3 N–H and O–H groups in total. The van der Waals surface area contributed by atoms with E-state index in [9.17, 15) is 4.79 Å². The van der Waals surface area contributed by atoms with Crippen LogP contribution in [0.3, 0.4) is 0 Å². The number of benzene rings is 1. The summed E-state index contributed by atoms with van der Waals surface area (Å²) in [6.45, 7) is 0.790. The number of carbonyl (C=O) groups is 1. The fourth-order valence-corrected chi connectivity index (χ4v) is 3.63. The van der Waals surface area contributed by atoms with Crippen LogP contribution in [0.1, 0.15) is 24.8 Å². The van der Waals surface area contributed by atoms with Gasteiger partial charge in [0, 0.05) is 6.54 Å². The Labute approximate surface area is 125 Å². The highest BCUT2D eigenvalue weighted by Gasteiger charge is 2.17. The number of aryl methyl sites for hydroxylation is 1. The lowest BCUT2D eigenvalue weighted by Crippen LogP contribution is -2.43. The van der Waals surface area contributed by atoms with Gasteiger partial charge in [0.2, 0.25) is 5.91 Å². The van der Waals surface area contributed by atoms with E-state index < -0.39 is 6.04 Å². The van der Waals surface area contributed by atoms with Crippen LogP contribution < -0.4 is 11.1 Å². The molecule has 0 saturated carbocycles. The van der Waals surface area contributed by atoms with E-state index in [4.69, 9.17) is 5.73 Å². The van der Waals surface area contributed by atoms with Crippen LogP contribution in [-0.4, -0.2) is 30.0 Å². The van der Waals surface area contributed by atoms with Crippen LogP contribution >= 0.6 is 11.8 Å². The Bertz CT molecular complexity index is 404. The summed E-state index contributed by atoms with van der Waals surface area (Å²) in [6, 6.07) is 9.78. The van der Waals surface area contributed by atoms with Crippen LogP contribution in [-0.2, 0) is 11.2 Å². The molecule has 1 amide bonds. The molecule has 1 fully saturated rings. The average molecular weight is 292 g/mol. The summed E-state index contributed by atoms with van der Waals surface area (Å²) in [7, 11) is 0. The first-order valence-corrected chi connectivity index (χ1v) is 8.56. The van der Waals surface area contributed by atoms with Crippen molar-refractivity contribution in [2.45, 2.75) is 31.7 Å². The molecule has 1 aromatic carbocycles. The molecule has 2 rings (SSSR count). The maximum atomic E-state index is 12.0. The van der Waals surface area contributed by atoms with Gasteiger partial charge in [0.05, 0.1) is 6.04 Å². The van der Waals surface area contributed by atoms with Crippen molar-refractivity contribution in [3.63, 3.8) is 0 Å². The van der Waals surface area contributed by atoms with Gasteiger partial charge in [0.1, 0.15) is 0 Å². The van der Waals surface area contributed by atoms with E-state index in [0.717, 1.165) is 13.0 Å². The van der Waals surface area contributed by atoms with Crippen LogP contribution in [0.4, 0.5) is 0 Å². The summed E-state index contributed by atoms with van der Waals surface area (Å²) >= 11 is 2.01. The van der Waals surface area contributed by atoms with Crippen LogP contribution in [0.25, 0.3) is 0 Å². The Morgan fingerprint density at radius 2 is 2.00 bits per heavy atom. The molecule has 1 aliphatic rings. The van der Waals surface area contributed by atoms with Gasteiger partial charge < -0.3 is 11.1 Å². The average Bonchev–Trinajstić information content (AvgIpc) is 2.52. The SMILES string of the molecule is NC(CCc1ccccc1)C(=O)NCC1CCSCC1. The standard InChI is InChI=1S/C16H24N2OS/c17-15(7-6-13-4-2-1-3-5-13)16(19)18-12-14-8-10-20-11-9-14/h1-5,14-15H,6-12,17H2,(H,18,19). The zero-order valence-corrected chi connectivity index (χ0v) is 12.7. The number of rotatable bonds is 6. The molecule has 1 aliphatic heterocycles. The van der Waals surface area contributed by atoms with Crippen molar-refractivity contribution in [2.24, 2.45) is 11.7 Å². The summed E-state index contributed by atoms with van der Waals surface area (Å²) in [5, 5.41) is 3.02. The lowest BCUT2D eigenvalue weighted by Gasteiger charge is -2.22. The molecule has 110 valence electrons. The van der Waals surface area contributed by atoms with Gasteiger partial charge in [-0.15, -0.1) is 0 Å². The molecule has 20 heavy (non-hydrogen) atoms. The molecular weight excluding hydrogens is 268 g/mol. The Balaban J connectivity index is 1.66. The van der Waals surface area contributed by atoms with E-state index in [1.165, 1.54) is 29.9 Å². The first-order valence-electron chi connectivity index (χ1n) is 7.40. The van der Waals surface area contributed by atoms with Gasteiger partial charge in [0.25, 0.3) is 0 Å². The quantitative estimate of drug-likeness (QED) is 0.845. The van der Waals surface area contributed by atoms with Gasteiger partial charge in [-0.25, -0.2) is 0 Å². The molecule has 0 radical (unpaired) electrons. The van der Waals surface area contributed by atoms with Crippen molar-refractivity contribution < 1.29 is 4.79 Å².